The number of nitrogens with zero attached hydrogens (tertiary/aromatic N) is 1. The molecular weight excluding hydrogens is 257 g/mol. The van der Waals surface area contributed by atoms with Gasteiger partial charge in [0.15, 0.2) is 0 Å². The van der Waals surface area contributed by atoms with Crippen LogP contribution in [0, 0.1) is 5.82 Å². The molecule has 0 aliphatic heterocycles. The third-order valence-corrected chi connectivity index (χ3v) is 3.76. The molecule has 0 atom stereocenters. The van der Waals surface area contributed by atoms with Gasteiger partial charge in [0.05, 0.1) is 4.47 Å². The third-order valence-electron chi connectivity index (χ3n) is 2.87. The Morgan fingerprint density at radius 3 is 2.80 bits per heavy atom. The van der Waals surface area contributed by atoms with Gasteiger partial charge < -0.3 is 0 Å². The van der Waals surface area contributed by atoms with Gasteiger partial charge in [-0.05, 0) is 46.9 Å². The first-order valence-corrected chi connectivity index (χ1v) is 6.18. The molecule has 0 heterocycles. The summed E-state index contributed by atoms with van der Waals surface area (Å²) in [5, 5.41) is 0. The number of hydrogen-bond donors (Lipinski definition) is 0. The average molecular weight is 272 g/mol. The Morgan fingerprint density at radius 1 is 1.47 bits per heavy atom. The lowest BCUT2D eigenvalue weighted by molar-refractivity contribution is 0.268. The van der Waals surface area contributed by atoms with E-state index in [2.05, 4.69) is 27.8 Å². The predicted molar refractivity (Wildman–Crippen MR) is 63.2 cm³/mol. The van der Waals surface area contributed by atoms with Crippen molar-refractivity contribution in [1.82, 2.24) is 4.90 Å². The summed E-state index contributed by atoms with van der Waals surface area (Å²) >= 11 is 3.31. The molecule has 1 saturated carbocycles. The van der Waals surface area contributed by atoms with Crippen LogP contribution < -0.4 is 0 Å². The zero-order chi connectivity index (χ0) is 10.8. The Morgan fingerprint density at radius 2 is 2.20 bits per heavy atom. The minimum atomic E-state index is -0.167. The van der Waals surface area contributed by atoms with Crippen molar-refractivity contribution < 1.29 is 4.39 Å². The van der Waals surface area contributed by atoms with Crippen molar-refractivity contribution in [3.05, 3.63) is 34.1 Å². The van der Waals surface area contributed by atoms with Gasteiger partial charge in [-0.25, -0.2) is 4.39 Å². The first kappa shape index (κ1) is 11.1. The van der Waals surface area contributed by atoms with E-state index in [0.717, 1.165) is 24.7 Å². The van der Waals surface area contributed by atoms with E-state index in [4.69, 9.17) is 0 Å². The second-order valence-electron chi connectivity index (χ2n) is 4.01. The van der Waals surface area contributed by atoms with E-state index < -0.39 is 0 Å². The van der Waals surface area contributed by atoms with Crippen LogP contribution >= 0.6 is 15.9 Å². The van der Waals surface area contributed by atoms with Crippen molar-refractivity contribution in [2.24, 2.45) is 0 Å². The lowest BCUT2D eigenvalue weighted by atomic mass is 10.2. The van der Waals surface area contributed by atoms with Crippen LogP contribution in [0.1, 0.15) is 25.3 Å². The number of rotatable bonds is 4. The Bertz CT molecular complexity index is 349. The largest absolute Gasteiger partial charge is 0.296 e. The lowest BCUT2D eigenvalue weighted by Crippen LogP contribution is -2.25. The molecule has 82 valence electrons. The fourth-order valence-electron chi connectivity index (χ4n) is 1.83. The number of benzene rings is 1. The fourth-order valence-corrected chi connectivity index (χ4v) is 2.22. The van der Waals surface area contributed by atoms with E-state index in [1.807, 2.05) is 6.07 Å². The van der Waals surface area contributed by atoms with E-state index in [1.54, 1.807) is 6.07 Å². The van der Waals surface area contributed by atoms with Crippen molar-refractivity contribution in [2.75, 3.05) is 6.54 Å². The molecule has 1 aliphatic carbocycles. The maximum atomic E-state index is 13.3. The Labute approximate surface area is 98.4 Å². The molecule has 0 unspecified atom stereocenters. The van der Waals surface area contributed by atoms with Crippen molar-refractivity contribution in [2.45, 2.75) is 32.4 Å². The molecule has 0 amide bonds. The second-order valence-corrected chi connectivity index (χ2v) is 4.80. The highest BCUT2D eigenvalue weighted by atomic mass is 79.9. The van der Waals surface area contributed by atoms with Crippen molar-refractivity contribution >= 4 is 15.9 Å². The van der Waals surface area contributed by atoms with Gasteiger partial charge in [0, 0.05) is 12.6 Å². The van der Waals surface area contributed by atoms with Gasteiger partial charge in [0.2, 0.25) is 0 Å². The van der Waals surface area contributed by atoms with Crippen LogP contribution in [-0.4, -0.2) is 17.5 Å². The summed E-state index contributed by atoms with van der Waals surface area (Å²) in [5.74, 6) is -0.167. The van der Waals surface area contributed by atoms with E-state index in [-0.39, 0.29) is 5.82 Å². The highest BCUT2D eigenvalue weighted by Gasteiger charge is 2.28. The van der Waals surface area contributed by atoms with Crippen LogP contribution in [0.4, 0.5) is 4.39 Å². The molecule has 0 bridgehead atoms. The van der Waals surface area contributed by atoms with Crippen LogP contribution in [-0.2, 0) is 6.54 Å². The predicted octanol–water partition coefficient (Wildman–Crippen LogP) is 3.57. The normalized spacial score (nSPS) is 16.0. The summed E-state index contributed by atoms with van der Waals surface area (Å²) in [5.41, 5.74) is 1.05. The van der Waals surface area contributed by atoms with Gasteiger partial charge in [-0.1, -0.05) is 19.1 Å². The number of halogens is 2. The van der Waals surface area contributed by atoms with Crippen LogP contribution in [0.2, 0.25) is 0 Å². The summed E-state index contributed by atoms with van der Waals surface area (Å²) in [6.07, 6.45) is 2.58. The first-order chi connectivity index (χ1) is 7.22. The SMILES string of the molecule is CCN(Cc1cccc(F)c1Br)C1CC1. The van der Waals surface area contributed by atoms with Gasteiger partial charge >= 0.3 is 0 Å². The van der Waals surface area contributed by atoms with E-state index in [0.29, 0.717) is 4.47 Å². The van der Waals surface area contributed by atoms with Crippen molar-refractivity contribution in [1.29, 1.82) is 0 Å². The standard InChI is InChI=1S/C12H15BrFN/c1-2-15(10-6-7-10)8-9-4-3-5-11(14)12(9)13/h3-5,10H,2,6-8H2,1H3. The molecule has 1 fully saturated rings. The molecule has 0 saturated heterocycles. The second kappa shape index (κ2) is 4.62. The summed E-state index contributed by atoms with van der Waals surface area (Å²) < 4.78 is 13.9. The summed E-state index contributed by atoms with van der Waals surface area (Å²) in [6, 6.07) is 5.97. The van der Waals surface area contributed by atoms with Crippen LogP contribution in [0.25, 0.3) is 0 Å². The van der Waals surface area contributed by atoms with Gasteiger partial charge in [0.1, 0.15) is 5.82 Å². The quantitative estimate of drug-likeness (QED) is 0.809. The summed E-state index contributed by atoms with van der Waals surface area (Å²) in [7, 11) is 0. The molecule has 0 spiro atoms. The molecule has 1 aliphatic rings. The molecule has 1 aromatic carbocycles. The Balaban J connectivity index is 2.11. The smallest absolute Gasteiger partial charge is 0.137 e. The highest BCUT2D eigenvalue weighted by Crippen LogP contribution is 2.30. The van der Waals surface area contributed by atoms with E-state index >= 15 is 0 Å². The maximum Gasteiger partial charge on any atom is 0.137 e. The topological polar surface area (TPSA) is 3.24 Å². The molecule has 1 nitrogen and oxygen atoms in total. The third kappa shape index (κ3) is 2.58. The molecule has 15 heavy (non-hydrogen) atoms. The van der Waals surface area contributed by atoms with Crippen LogP contribution in [0.5, 0.6) is 0 Å². The molecule has 0 aromatic heterocycles. The molecule has 3 heteroatoms. The van der Waals surface area contributed by atoms with Crippen LogP contribution in [0.15, 0.2) is 22.7 Å². The average Bonchev–Trinajstić information content (AvgIpc) is 3.04. The Hall–Kier alpha value is -0.410. The highest BCUT2D eigenvalue weighted by molar-refractivity contribution is 9.10. The maximum absolute atomic E-state index is 13.3. The van der Waals surface area contributed by atoms with Gasteiger partial charge in [-0.15, -0.1) is 0 Å². The molecule has 2 rings (SSSR count). The van der Waals surface area contributed by atoms with Crippen molar-refractivity contribution in [3.63, 3.8) is 0 Å². The Kier molecular flexibility index (Phi) is 3.42. The number of hydrogen-bond acceptors (Lipinski definition) is 1. The van der Waals surface area contributed by atoms with Gasteiger partial charge in [-0.2, -0.15) is 0 Å². The van der Waals surface area contributed by atoms with Gasteiger partial charge in [-0.3, -0.25) is 4.90 Å². The molecule has 0 radical (unpaired) electrons. The van der Waals surface area contributed by atoms with Crippen molar-refractivity contribution in [3.8, 4) is 0 Å². The summed E-state index contributed by atoms with van der Waals surface area (Å²) in [4.78, 5) is 2.40. The molecular formula is C12H15BrFN. The van der Waals surface area contributed by atoms with Crippen LogP contribution in [0.3, 0.4) is 0 Å². The molecule has 0 N–H and O–H groups in total. The van der Waals surface area contributed by atoms with E-state index in [9.17, 15) is 4.39 Å². The molecule has 1 aromatic rings. The van der Waals surface area contributed by atoms with Gasteiger partial charge in [0.25, 0.3) is 0 Å². The fraction of sp³-hybridized carbons (Fsp3) is 0.500. The minimum Gasteiger partial charge on any atom is -0.296 e. The minimum absolute atomic E-state index is 0.167. The monoisotopic (exact) mass is 271 g/mol. The zero-order valence-corrected chi connectivity index (χ0v) is 10.4. The zero-order valence-electron chi connectivity index (χ0n) is 8.84. The first-order valence-electron chi connectivity index (χ1n) is 5.39. The van der Waals surface area contributed by atoms with E-state index in [1.165, 1.54) is 18.9 Å². The lowest BCUT2D eigenvalue weighted by Gasteiger charge is -2.20. The summed E-state index contributed by atoms with van der Waals surface area (Å²) in [6.45, 7) is 4.04.